The second-order valence-corrected chi connectivity index (χ2v) is 10.1. The summed E-state index contributed by atoms with van der Waals surface area (Å²) < 4.78 is 7.62. The molecular weight excluding hydrogens is 386 g/mol. The van der Waals surface area contributed by atoms with E-state index >= 15 is 0 Å². The number of aryl methyl sites for hydroxylation is 1. The van der Waals surface area contributed by atoms with Gasteiger partial charge in [-0.3, -0.25) is 9.20 Å². The highest BCUT2D eigenvalue weighted by Gasteiger charge is 2.54. The van der Waals surface area contributed by atoms with Gasteiger partial charge in [-0.05, 0) is 93.0 Å². The molecule has 0 unspecified atom stereocenters. The molecule has 0 aliphatic heterocycles. The molecular formula is C26H29N3O2. The molecule has 4 aliphatic carbocycles. The first-order valence-corrected chi connectivity index (χ1v) is 11.5. The Bertz CT molecular complexity index is 1140. The van der Waals surface area contributed by atoms with Gasteiger partial charge in [-0.25, -0.2) is 4.98 Å². The van der Waals surface area contributed by atoms with Gasteiger partial charge in [0.1, 0.15) is 22.9 Å². The number of methoxy groups -OCH3 is 1. The van der Waals surface area contributed by atoms with Crippen molar-refractivity contribution in [2.24, 2.45) is 23.2 Å². The van der Waals surface area contributed by atoms with Gasteiger partial charge in [-0.15, -0.1) is 0 Å². The van der Waals surface area contributed by atoms with Crippen molar-refractivity contribution in [1.82, 2.24) is 9.38 Å². The zero-order valence-corrected chi connectivity index (χ0v) is 18.2. The molecule has 0 radical (unpaired) electrons. The highest BCUT2D eigenvalue weighted by Crippen LogP contribution is 2.60. The molecule has 5 nitrogen and oxygen atoms in total. The number of para-hydroxylation sites is 1. The van der Waals surface area contributed by atoms with Crippen LogP contribution in [-0.2, 0) is 4.79 Å². The Kier molecular flexibility index (Phi) is 4.17. The third-order valence-corrected chi connectivity index (χ3v) is 7.90. The quantitative estimate of drug-likeness (QED) is 0.614. The van der Waals surface area contributed by atoms with E-state index in [0.29, 0.717) is 0 Å². The first-order valence-electron chi connectivity index (χ1n) is 11.5. The van der Waals surface area contributed by atoms with Crippen LogP contribution in [0.4, 0.5) is 5.82 Å². The van der Waals surface area contributed by atoms with Crippen LogP contribution in [0.3, 0.4) is 0 Å². The highest BCUT2D eigenvalue weighted by molar-refractivity contribution is 5.99. The Labute approximate surface area is 182 Å². The summed E-state index contributed by atoms with van der Waals surface area (Å²) in [4.78, 5) is 18.7. The third kappa shape index (κ3) is 2.97. The van der Waals surface area contributed by atoms with Crippen molar-refractivity contribution in [1.29, 1.82) is 0 Å². The third-order valence-electron chi connectivity index (χ3n) is 7.90. The number of carbonyl (C=O) groups is 1. The zero-order chi connectivity index (χ0) is 21.2. The van der Waals surface area contributed by atoms with Crippen molar-refractivity contribution in [3.8, 4) is 17.0 Å². The van der Waals surface area contributed by atoms with Gasteiger partial charge in [-0.2, -0.15) is 0 Å². The fourth-order valence-corrected chi connectivity index (χ4v) is 6.92. The van der Waals surface area contributed by atoms with Crippen LogP contribution in [0, 0.1) is 30.1 Å². The van der Waals surface area contributed by atoms with E-state index in [-0.39, 0.29) is 11.3 Å². The van der Waals surface area contributed by atoms with E-state index in [9.17, 15) is 4.79 Å². The largest absolute Gasteiger partial charge is 0.496 e. The van der Waals surface area contributed by atoms with Crippen LogP contribution >= 0.6 is 0 Å². The number of pyridine rings is 1. The fraction of sp³-hybridized carbons (Fsp3) is 0.462. The van der Waals surface area contributed by atoms with Crippen LogP contribution < -0.4 is 10.1 Å². The number of imidazole rings is 1. The molecule has 4 saturated carbocycles. The SMILES string of the molecule is COc1ccccc1-c1nc2cc(C)ccn2c1NC(=O)C12CC3CC(CC(C3)C1)C2. The van der Waals surface area contributed by atoms with Crippen molar-refractivity contribution in [2.75, 3.05) is 12.4 Å². The standard InChI is InChI=1S/C26H29N3O2/c1-16-7-8-29-22(9-16)27-23(20-5-3-4-6-21(20)31-2)24(29)28-25(30)26-13-17-10-18(14-26)12-19(11-17)15-26/h3-9,17-19H,10-15H2,1-2H3,(H,28,30). The molecule has 1 N–H and O–H groups in total. The zero-order valence-electron chi connectivity index (χ0n) is 18.2. The molecule has 0 saturated heterocycles. The number of carbonyl (C=O) groups excluding carboxylic acids is 1. The summed E-state index contributed by atoms with van der Waals surface area (Å²) in [5.41, 5.74) is 3.43. The van der Waals surface area contributed by atoms with Gasteiger partial charge < -0.3 is 10.1 Å². The molecule has 4 bridgehead atoms. The lowest BCUT2D eigenvalue weighted by molar-refractivity contribution is -0.140. The maximum atomic E-state index is 13.8. The molecule has 3 aromatic rings. The van der Waals surface area contributed by atoms with E-state index in [0.717, 1.165) is 71.1 Å². The fourth-order valence-electron chi connectivity index (χ4n) is 6.92. The first-order chi connectivity index (χ1) is 15.0. The van der Waals surface area contributed by atoms with Gasteiger partial charge in [0.05, 0.1) is 12.5 Å². The van der Waals surface area contributed by atoms with Crippen LogP contribution in [0.15, 0.2) is 42.6 Å². The van der Waals surface area contributed by atoms with Gasteiger partial charge >= 0.3 is 0 Å². The lowest BCUT2D eigenvalue weighted by atomic mass is 9.49. The minimum absolute atomic E-state index is 0.185. The van der Waals surface area contributed by atoms with Crippen molar-refractivity contribution >= 4 is 17.4 Å². The van der Waals surface area contributed by atoms with Crippen molar-refractivity contribution in [3.05, 3.63) is 48.2 Å². The second kappa shape index (κ2) is 6.84. The molecule has 4 aliphatic rings. The summed E-state index contributed by atoms with van der Waals surface area (Å²) in [7, 11) is 1.67. The summed E-state index contributed by atoms with van der Waals surface area (Å²) >= 11 is 0. The van der Waals surface area contributed by atoms with Crippen LogP contribution in [0.25, 0.3) is 16.9 Å². The number of aromatic nitrogens is 2. The number of nitrogens with one attached hydrogen (secondary N) is 1. The van der Waals surface area contributed by atoms with Gasteiger partial charge in [0.2, 0.25) is 5.91 Å². The van der Waals surface area contributed by atoms with Gasteiger partial charge in [0, 0.05) is 11.8 Å². The number of anilines is 1. The number of ether oxygens (including phenoxy) is 1. The minimum atomic E-state index is -0.207. The molecule has 1 aromatic carbocycles. The van der Waals surface area contributed by atoms with Crippen LogP contribution in [0.2, 0.25) is 0 Å². The summed E-state index contributed by atoms with van der Waals surface area (Å²) in [5.74, 6) is 3.89. The number of nitrogens with zero attached hydrogens (tertiary/aromatic N) is 2. The van der Waals surface area contributed by atoms with E-state index in [1.807, 2.05) is 34.9 Å². The number of benzene rings is 1. The second-order valence-electron chi connectivity index (χ2n) is 10.1. The van der Waals surface area contributed by atoms with Crippen molar-refractivity contribution in [2.45, 2.75) is 45.4 Å². The Balaban J connectivity index is 1.44. The number of amides is 1. The van der Waals surface area contributed by atoms with E-state index in [4.69, 9.17) is 9.72 Å². The van der Waals surface area contributed by atoms with Gasteiger partial charge in [0.15, 0.2) is 0 Å². The molecule has 0 spiro atoms. The molecule has 31 heavy (non-hydrogen) atoms. The number of hydrogen-bond donors (Lipinski definition) is 1. The lowest BCUT2D eigenvalue weighted by Crippen LogP contribution is -2.51. The maximum absolute atomic E-state index is 13.8. The van der Waals surface area contributed by atoms with E-state index in [1.54, 1.807) is 7.11 Å². The molecule has 5 heteroatoms. The smallest absolute Gasteiger partial charge is 0.231 e. The summed E-state index contributed by atoms with van der Waals surface area (Å²) in [5, 5.41) is 3.37. The molecule has 4 fully saturated rings. The van der Waals surface area contributed by atoms with Crippen molar-refractivity contribution in [3.63, 3.8) is 0 Å². The van der Waals surface area contributed by atoms with E-state index in [1.165, 1.54) is 19.3 Å². The molecule has 0 atom stereocenters. The Hall–Kier alpha value is -2.82. The van der Waals surface area contributed by atoms with Crippen molar-refractivity contribution < 1.29 is 9.53 Å². The molecule has 7 rings (SSSR count). The topological polar surface area (TPSA) is 55.6 Å². The number of rotatable bonds is 4. The summed E-state index contributed by atoms with van der Waals surface area (Å²) in [6, 6.07) is 12.0. The monoisotopic (exact) mass is 415 g/mol. The predicted octanol–water partition coefficient (Wildman–Crippen LogP) is 5.47. The average Bonchev–Trinajstić information content (AvgIpc) is 3.09. The maximum Gasteiger partial charge on any atom is 0.231 e. The molecule has 2 aromatic heterocycles. The average molecular weight is 416 g/mol. The Morgan fingerprint density at radius 1 is 1.10 bits per heavy atom. The Morgan fingerprint density at radius 2 is 1.77 bits per heavy atom. The molecule has 160 valence electrons. The normalized spacial score (nSPS) is 28.8. The van der Waals surface area contributed by atoms with E-state index in [2.05, 4.69) is 24.4 Å². The summed E-state index contributed by atoms with van der Waals surface area (Å²) in [6.07, 6.45) is 9.13. The molecule has 2 heterocycles. The van der Waals surface area contributed by atoms with Crippen LogP contribution in [0.5, 0.6) is 5.75 Å². The summed E-state index contributed by atoms with van der Waals surface area (Å²) in [6.45, 7) is 2.06. The Morgan fingerprint density at radius 3 is 2.45 bits per heavy atom. The highest BCUT2D eigenvalue weighted by atomic mass is 16.5. The van der Waals surface area contributed by atoms with E-state index < -0.39 is 0 Å². The minimum Gasteiger partial charge on any atom is -0.496 e. The first kappa shape index (κ1) is 18.9. The van der Waals surface area contributed by atoms with Crippen LogP contribution in [-0.4, -0.2) is 22.4 Å². The van der Waals surface area contributed by atoms with Gasteiger partial charge in [-0.1, -0.05) is 12.1 Å². The van der Waals surface area contributed by atoms with Gasteiger partial charge in [0.25, 0.3) is 0 Å². The predicted molar refractivity (Wildman–Crippen MR) is 121 cm³/mol. The molecule has 1 amide bonds. The van der Waals surface area contributed by atoms with Crippen LogP contribution in [0.1, 0.15) is 44.1 Å². The number of fused-ring (bicyclic) bond motifs is 1. The number of hydrogen-bond acceptors (Lipinski definition) is 3. The lowest BCUT2D eigenvalue weighted by Gasteiger charge is -2.55.